The summed E-state index contributed by atoms with van der Waals surface area (Å²) in [5, 5.41) is 3.51. The van der Waals surface area contributed by atoms with Gasteiger partial charge in [-0.3, -0.25) is 9.59 Å². The van der Waals surface area contributed by atoms with Crippen LogP contribution in [0.2, 0.25) is 5.02 Å². The molecule has 3 N–H and O–H groups in total. The minimum Gasteiger partial charge on any atom is -0.364 e. The number of nitrogens with zero attached hydrogens (tertiary/aromatic N) is 2. The minimum atomic E-state index is -0.777. The van der Waals surface area contributed by atoms with Crippen LogP contribution in [0.4, 0.5) is 0 Å². The first-order chi connectivity index (χ1) is 10.6. The molecule has 0 spiro atoms. The van der Waals surface area contributed by atoms with Gasteiger partial charge in [0.1, 0.15) is 0 Å². The number of rotatable bonds is 4. The lowest BCUT2D eigenvalue weighted by Crippen LogP contribution is -2.30. The summed E-state index contributed by atoms with van der Waals surface area (Å²) in [7, 11) is 0. The summed E-state index contributed by atoms with van der Waals surface area (Å²) in [6, 6.07) is 7.53. The van der Waals surface area contributed by atoms with Crippen LogP contribution in [-0.4, -0.2) is 27.8 Å². The van der Waals surface area contributed by atoms with Gasteiger partial charge >= 0.3 is 0 Å². The summed E-state index contributed by atoms with van der Waals surface area (Å²) < 4.78 is 0. The fourth-order valence-corrected chi connectivity index (χ4v) is 2.58. The van der Waals surface area contributed by atoms with Crippen LogP contribution in [0.15, 0.2) is 36.7 Å². The number of hydrogen-bond donors (Lipinski definition) is 2. The molecule has 112 valence electrons. The number of primary amides is 1. The van der Waals surface area contributed by atoms with E-state index in [4.69, 9.17) is 17.3 Å². The number of amides is 2. The third-order valence-electron chi connectivity index (χ3n) is 3.53. The summed E-state index contributed by atoms with van der Waals surface area (Å²) in [5.41, 5.74) is 6.10. The average molecular weight is 317 g/mol. The summed E-state index contributed by atoms with van der Waals surface area (Å²) in [4.78, 5) is 31.2. The molecule has 0 saturated heterocycles. The molecule has 0 aliphatic heterocycles. The second kappa shape index (κ2) is 5.73. The van der Waals surface area contributed by atoms with Crippen LogP contribution < -0.4 is 11.1 Å². The Bertz CT molecular complexity index is 750. The lowest BCUT2D eigenvalue weighted by molar-refractivity contribution is 0.0925. The maximum Gasteiger partial charge on any atom is 0.272 e. The van der Waals surface area contributed by atoms with E-state index >= 15 is 0 Å². The molecule has 1 aromatic heterocycles. The maximum atomic E-state index is 12.2. The number of halogens is 1. The second-order valence-corrected chi connectivity index (χ2v) is 5.53. The van der Waals surface area contributed by atoms with Gasteiger partial charge in [0, 0.05) is 29.4 Å². The van der Waals surface area contributed by atoms with Gasteiger partial charge in [-0.15, -0.1) is 0 Å². The fourth-order valence-electron chi connectivity index (χ4n) is 2.38. The van der Waals surface area contributed by atoms with E-state index in [2.05, 4.69) is 15.3 Å². The number of aromatic nitrogens is 2. The molecule has 2 atom stereocenters. The van der Waals surface area contributed by atoms with Gasteiger partial charge in [-0.1, -0.05) is 23.7 Å². The van der Waals surface area contributed by atoms with E-state index < -0.39 is 11.8 Å². The molecule has 1 saturated carbocycles. The Labute approximate surface area is 131 Å². The molecule has 1 aliphatic rings. The summed E-state index contributed by atoms with van der Waals surface area (Å²) in [6.45, 7) is 0. The van der Waals surface area contributed by atoms with Crippen LogP contribution >= 0.6 is 11.6 Å². The third-order valence-corrected chi connectivity index (χ3v) is 3.77. The second-order valence-electron chi connectivity index (χ2n) is 5.09. The molecule has 6 nitrogen and oxygen atoms in total. The summed E-state index contributed by atoms with van der Waals surface area (Å²) in [5.74, 6) is -1.01. The van der Waals surface area contributed by atoms with Crippen LogP contribution in [0.1, 0.15) is 38.9 Å². The van der Waals surface area contributed by atoms with E-state index in [1.807, 2.05) is 18.2 Å². The van der Waals surface area contributed by atoms with Crippen LogP contribution in [0.3, 0.4) is 0 Å². The summed E-state index contributed by atoms with van der Waals surface area (Å²) in [6.07, 6.45) is 3.49. The zero-order chi connectivity index (χ0) is 15.7. The number of carbonyl (C=O) groups excluding carboxylic acids is 2. The monoisotopic (exact) mass is 316 g/mol. The Balaban J connectivity index is 1.71. The molecule has 0 bridgehead atoms. The zero-order valence-electron chi connectivity index (χ0n) is 11.5. The molecular weight excluding hydrogens is 304 g/mol. The highest BCUT2D eigenvalue weighted by Gasteiger charge is 2.40. The lowest BCUT2D eigenvalue weighted by Gasteiger charge is -2.06. The first kappa shape index (κ1) is 14.5. The predicted molar refractivity (Wildman–Crippen MR) is 80.6 cm³/mol. The molecule has 3 rings (SSSR count). The Hall–Kier alpha value is -2.47. The predicted octanol–water partition coefficient (Wildman–Crippen LogP) is 1.51. The quantitative estimate of drug-likeness (QED) is 0.893. The van der Waals surface area contributed by atoms with Crippen molar-refractivity contribution in [2.24, 2.45) is 5.73 Å². The van der Waals surface area contributed by atoms with Crippen molar-refractivity contribution in [3.63, 3.8) is 0 Å². The van der Waals surface area contributed by atoms with Crippen LogP contribution in [0.5, 0.6) is 0 Å². The Kier molecular flexibility index (Phi) is 3.77. The molecule has 7 heteroatoms. The topological polar surface area (TPSA) is 98.0 Å². The van der Waals surface area contributed by atoms with E-state index in [-0.39, 0.29) is 23.3 Å². The normalized spacial score (nSPS) is 19.5. The number of nitrogens with one attached hydrogen (secondary N) is 1. The first-order valence-corrected chi connectivity index (χ1v) is 7.11. The van der Waals surface area contributed by atoms with E-state index in [1.165, 1.54) is 12.4 Å². The fraction of sp³-hybridized carbons (Fsp3) is 0.200. The van der Waals surface area contributed by atoms with Crippen LogP contribution in [0, 0.1) is 0 Å². The molecule has 1 heterocycles. The highest BCUT2D eigenvalue weighted by Crippen LogP contribution is 2.41. The first-order valence-electron chi connectivity index (χ1n) is 6.73. The third kappa shape index (κ3) is 2.92. The van der Waals surface area contributed by atoms with Crippen molar-refractivity contribution in [1.82, 2.24) is 15.3 Å². The standard InChI is InChI=1S/C15H13ClN4O2/c16-9-3-1-2-8(6-9)10-7-11(10)20-15(22)13-12(14(17)21)18-4-5-19-13/h1-6,10-11H,7H2,(H2,17,21)(H,20,22). The largest absolute Gasteiger partial charge is 0.364 e. The molecule has 22 heavy (non-hydrogen) atoms. The van der Waals surface area contributed by atoms with E-state index in [1.54, 1.807) is 6.07 Å². The lowest BCUT2D eigenvalue weighted by atomic mass is 10.1. The highest BCUT2D eigenvalue weighted by molar-refractivity contribution is 6.30. The molecule has 1 aromatic carbocycles. The van der Waals surface area contributed by atoms with E-state index in [0.29, 0.717) is 5.02 Å². The van der Waals surface area contributed by atoms with Crippen molar-refractivity contribution in [3.05, 3.63) is 58.6 Å². The molecule has 0 radical (unpaired) electrons. The van der Waals surface area contributed by atoms with Crippen LogP contribution in [-0.2, 0) is 0 Å². The van der Waals surface area contributed by atoms with Gasteiger partial charge < -0.3 is 11.1 Å². The van der Waals surface area contributed by atoms with E-state index in [0.717, 1.165) is 12.0 Å². The van der Waals surface area contributed by atoms with Crippen molar-refractivity contribution in [3.8, 4) is 0 Å². The highest BCUT2D eigenvalue weighted by atomic mass is 35.5. The minimum absolute atomic E-state index is 0.00583. The number of nitrogens with two attached hydrogens (primary N) is 1. The van der Waals surface area contributed by atoms with Gasteiger partial charge in [0.15, 0.2) is 11.4 Å². The van der Waals surface area contributed by atoms with Crippen molar-refractivity contribution < 1.29 is 9.59 Å². The van der Waals surface area contributed by atoms with Crippen LogP contribution in [0.25, 0.3) is 0 Å². The van der Waals surface area contributed by atoms with Crippen molar-refractivity contribution in [2.45, 2.75) is 18.4 Å². The number of benzene rings is 1. The molecule has 1 aliphatic carbocycles. The summed E-state index contributed by atoms with van der Waals surface area (Å²) >= 11 is 5.96. The molecule has 2 amide bonds. The average Bonchev–Trinajstić information content (AvgIpc) is 3.26. The van der Waals surface area contributed by atoms with Gasteiger partial charge in [0.2, 0.25) is 0 Å². The van der Waals surface area contributed by atoms with Gasteiger partial charge in [0.25, 0.3) is 11.8 Å². The van der Waals surface area contributed by atoms with Crippen molar-refractivity contribution in [2.75, 3.05) is 0 Å². The molecule has 1 fully saturated rings. The van der Waals surface area contributed by atoms with Crippen molar-refractivity contribution in [1.29, 1.82) is 0 Å². The van der Waals surface area contributed by atoms with Gasteiger partial charge in [-0.25, -0.2) is 9.97 Å². The number of hydrogen-bond acceptors (Lipinski definition) is 4. The molecular formula is C15H13ClN4O2. The maximum absolute atomic E-state index is 12.2. The van der Waals surface area contributed by atoms with E-state index in [9.17, 15) is 9.59 Å². The SMILES string of the molecule is NC(=O)c1nccnc1C(=O)NC1CC1c1cccc(Cl)c1. The van der Waals surface area contributed by atoms with Gasteiger partial charge in [0.05, 0.1) is 0 Å². The Morgan fingerprint density at radius 3 is 2.64 bits per heavy atom. The molecule has 2 aromatic rings. The van der Waals surface area contributed by atoms with Crippen molar-refractivity contribution >= 4 is 23.4 Å². The Morgan fingerprint density at radius 2 is 1.95 bits per heavy atom. The van der Waals surface area contributed by atoms with Gasteiger partial charge in [-0.05, 0) is 24.1 Å². The van der Waals surface area contributed by atoms with Gasteiger partial charge in [-0.2, -0.15) is 0 Å². The zero-order valence-corrected chi connectivity index (χ0v) is 12.2. The smallest absolute Gasteiger partial charge is 0.272 e. The number of carbonyl (C=O) groups is 2. The Morgan fingerprint density at radius 1 is 1.23 bits per heavy atom. The molecule has 2 unspecified atom stereocenters.